The third-order valence-corrected chi connectivity index (χ3v) is 3.04. The smallest absolute Gasteiger partial charge is 0.251 e. The molecule has 1 N–H and O–H groups in total. The number of methoxy groups -OCH3 is 1. The van der Waals surface area contributed by atoms with Gasteiger partial charge >= 0.3 is 0 Å². The molecule has 104 valence electrons. The van der Waals surface area contributed by atoms with Crippen LogP contribution in [0.25, 0.3) is 0 Å². The molecule has 5 heteroatoms. The Labute approximate surface area is 118 Å². The van der Waals surface area contributed by atoms with Crippen LogP contribution in [0.2, 0.25) is 5.02 Å². The highest BCUT2D eigenvalue weighted by molar-refractivity contribution is 6.32. The summed E-state index contributed by atoms with van der Waals surface area (Å²) in [6, 6.07) is 3.57. The third kappa shape index (κ3) is 3.53. The maximum atomic E-state index is 12.0. The van der Waals surface area contributed by atoms with E-state index in [2.05, 4.69) is 5.32 Å². The van der Waals surface area contributed by atoms with Crippen molar-refractivity contribution >= 4 is 17.5 Å². The standard InChI is InChI=1S/C14H18ClNO3/c1-8(2)19-13-11(15)6-9(7-12(13)18-3)14(17)16-10-4-5-10/h6-8,10H,4-5H2,1-3H3,(H,16,17). The van der Waals surface area contributed by atoms with E-state index in [0.717, 1.165) is 12.8 Å². The molecule has 1 amide bonds. The summed E-state index contributed by atoms with van der Waals surface area (Å²) >= 11 is 6.17. The fourth-order valence-corrected chi connectivity index (χ4v) is 1.95. The third-order valence-electron chi connectivity index (χ3n) is 2.76. The van der Waals surface area contributed by atoms with E-state index in [4.69, 9.17) is 21.1 Å². The number of benzene rings is 1. The number of carbonyl (C=O) groups excluding carboxylic acids is 1. The van der Waals surface area contributed by atoms with Crippen molar-refractivity contribution in [2.75, 3.05) is 7.11 Å². The summed E-state index contributed by atoms with van der Waals surface area (Å²) in [7, 11) is 1.53. The Morgan fingerprint density at radius 3 is 2.63 bits per heavy atom. The number of halogens is 1. The van der Waals surface area contributed by atoms with Crippen molar-refractivity contribution in [2.45, 2.75) is 38.8 Å². The van der Waals surface area contributed by atoms with Gasteiger partial charge in [0.15, 0.2) is 11.5 Å². The van der Waals surface area contributed by atoms with Gasteiger partial charge in [0.25, 0.3) is 5.91 Å². The number of hydrogen-bond acceptors (Lipinski definition) is 3. The second-order valence-corrected chi connectivity index (χ2v) is 5.31. The van der Waals surface area contributed by atoms with Gasteiger partial charge < -0.3 is 14.8 Å². The summed E-state index contributed by atoms with van der Waals surface area (Å²) in [5.74, 6) is 0.822. The molecule has 0 aliphatic heterocycles. The average Bonchev–Trinajstić information content (AvgIpc) is 3.14. The molecular weight excluding hydrogens is 266 g/mol. The fraction of sp³-hybridized carbons (Fsp3) is 0.500. The van der Waals surface area contributed by atoms with Crippen LogP contribution in [0.5, 0.6) is 11.5 Å². The number of carbonyl (C=O) groups is 1. The largest absolute Gasteiger partial charge is 0.493 e. The second kappa shape index (κ2) is 5.70. The Bertz CT molecular complexity index is 484. The van der Waals surface area contributed by atoms with Crippen LogP contribution in [-0.4, -0.2) is 25.2 Å². The lowest BCUT2D eigenvalue weighted by atomic mass is 10.2. The summed E-state index contributed by atoms with van der Waals surface area (Å²) in [4.78, 5) is 12.0. The molecule has 0 radical (unpaired) electrons. The molecule has 0 unspecified atom stereocenters. The SMILES string of the molecule is COc1cc(C(=O)NC2CC2)cc(Cl)c1OC(C)C. The molecule has 0 spiro atoms. The normalized spacial score (nSPS) is 14.4. The van der Waals surface area contributed by atoms with Gasteiger partial charge in [0, 0.05) is 11.6 Å². The summed E-state index contributed by atoms with van der Waals surface area (Å²) in [6.45, 7) is 3.81. The molecule has 1 aliphatic rings. The molecule has 4 nitrogen and oxygen atoms in total. The van der Waals surface area contributed by atoms with E-state index < -0.39 is 0 Å². The van der Waals surface area contributed by atoms with Crippen LogP contribution in [0.15, 0.2) is 12.1 Å². The lowest BCUT2D eigenvalue weighted by Gasteiger charge is -2.16. The predicted octanol–water partition coefficient (Wildman–Crippen LogP) is 3.03. The van der Waals surface area contributed by atoms with Gasteiger partial charge in [-0.3, -0.25) is 4.79 Å². The van der Waals surface area contributed by atoms with E-state index in [1.165, 1.54) is 7.11 Å². The first-order chi connectivity index (χ1) is 9.01. The van der Waals surface area contributed by atoms with E-state index >= 15 is 0 Å². The topological polar surface area (TPSA) is 47.6 Å². The Balaban J connectivity index is 2.26. The molecule has 2 rings (SSSR count). The second-order valence-electron chi connectivity index (χ2n) is 4.90. The van der Waals surface area contributed by atoms with Crippen LogP contribution in [0, 0.1) is 0 Å². The molecular formula is C14H18ClNO3. The van der Waals surface area contributed by atoms with Crippen molar-refractivity contribution in [1.82, 2.24) is 5.32 Å². The van der Waals surface area contributed by atoms with Crippen molar-refractivity contribution in [3.8, 4) is 11.5 Å². The summed E-state index contributed by atoms with van der Waals surface area (Å²) in [5.41, 5.74) is 0.491. The van der Waals surface area contributed by atoms with Gasteiger partial charge in [0.1, 0.15) is 0 Å². The molecule has 0 heterocycles. The number of ether oxygens (including phenoxy) is 2. The average molecular weight is 284 g/mol. The minimum absolute atomic E-state index is 0.0162. The van der Waals surface area contributed by atoms with Crippen molar-refractivity contribution < 1.29 is 14.3 Å². The van der Waals surface area contributed by atoms with Gasteiger partial charge in [-0.15, -0.1) is 0 Å². The van der Waals surface area contributed by atoms with Crippen molar-refractivity contribution in [3.63, 3.8) is 0 Å². The minimum atomic E-state index is -0.126. The number of amides is 1. The maximum Gasteiger partial charge on any atom is 0.251 e. The highest BCUT2D eigenvalue weighted by Gasteiger charge is 2.25. The van der Waals surface area contributed by atoms with Gasteiger partial charge in [0.2, 0.25) is 0 Å². The van der Waals surface area contributed by atoms with Crippen LogP contribution in [0.4, 0.5) is 0 Å². The predicted molar refractivity (Wildman–Crippen MR) is 74.3 cm³/mol. The lowest BCUT2D eigenvalue weighted by molar-refractivity contribution is 0.0950. The molecule has 0 atom stereocenters. The quantitative estimate of drug-likeness (QED) is 0.903. The molecule has 1 fully saturated rings. The van der Waals surface area contributed by atoms with E-state index in [9.17, 15) is 4.79 Å². The van der Waals surface area contributed by atoms with Gasteiger partial charge in [-0.25, -0.2) is 0 Å². The van der Waals surface area contributed by atoms with E-state index in [0.29, 0.717) is 28.1 Å². The minimum Gasteiger partial charge on any atom is -0.493 e. The van der Waals surface area contributed by atoms with Gasteiger partial charge in [0.05, 0.1) is 18.2 Å². The van der Waals surface area contributed by atoms with Gasteiger partial charge in [-0.2, -0.15) is 0 Å². The maximum absolute atomic E-state index is 12.0. The first-order valence-corrected chi connectivity index (χ1v) is 6.74. The van der Waals surface area contributed by atoms with Gasteiger partial charge in [-0.1, -0.05) is 11.6 Å². The van der Waals surface area contributed by atoms with Crippen LogP contribution >= 0.6 is 11.6 Å². The van der Waals surface area contributed by atoms with Crippen molar-refractivity contribution in [2.24, 2.45) is 0 Å². The summed E-state index contributed by atoms with van der Waals surface area (Å²) in [6.07, 6.45) is 2.08. The number of nitrogens with one attached hydrogen (secondary N) is 1. The van der Waals surface area contributed by atoms with Crippen LogP contribution in [0.1, 0.15) is 37.0 Å². The Hall–Kier alpha value is -1.42. The van der Waals surface area contributed by atoms with Crippen molar-refractivity contribution in [1.29, 1.82) is 0 Å². The molecule has 19 heavy (non-hydrogen) atoms. The fourth-order valence-electron chi connectivity index (χ4n) is 1.70. The Kier molecular flexibility index (Phi) is 4.20. The number of rotatable bonds is 5. The molecule has 0 aromatic heterocycles. The lowest BCUT2D eigenvalue weighted by Crippen LogP contribution is -2.25. The highest BCUT2D eigenvalue weighted by atomic mass is 35.5. The molecule has 1 saturated carbocycles. The monoisotopic (exact) mass is 283 g/mol. The molecule has 1 aliphatic carbocycles. The van der Waals surface area contributed by atoms with Crippen LogP contribution < -0.4 is 14.8 Å². The zero-order chi connectivity index (χ0) is 14.0. The van der Waals surface area contributed by atoms with Crippen LogP contribution in [0.3, 0.4) is 0 Å². The van der Waals surface area contributed by atoms with E-state index in [1.54, 1.807) is 12.1 Å². The zero-order valence-corrected chi connectivity index (χ0v) is 12.1. The zero-order valence-electron chi connectivity index (χ0n) is 11.3. The Morgan fingerprint density at radius 2 is 2.11 bits per heavy atom. The van der Waals surface area contributed by atoms with Crippen LogP contribution in [-0.2, 0) is 0 Å². The first-order valence-electron chi connectivity index (χ1n) is 6.36. The molecule has 1 aromatic carbocycles. The van der Waals surface area contributed by atoms with Gasteiger partial charge in [-0.05, 0) is 38.8 Å². The summed E-state index contributed by atoms with van der Waals surface area (Å²) < 4.78 is 10.9. The number of hydrogen-bond donors (Lipinski definition) is 1. The Morgan fingerprint density at radius 1 is 1.42 bits per heavy atom. The summed E-state index contributed by atoms with van der Waals surface area (Å²) in [5, 5.41) is 3.30. The molecule has 1 aromatic rings. The first kappa shape index (κ1) is 14.0. The van der Waals surface area contributed by atoms with E-state index in [1.807, 2.05) is 13.8 Å². The molecule has 0 saturated heterocycles. The van der Waals surface area contributed by atoms with E-state index in [-0.39, 0.29) is 12.0 Å². The highest BCUT2D eigenvalue weighted by Crippen LogP contribution is 2.37. The van der Waals surface area contributed by atoms with Crippen molar-refractivity contribution in [3.05, 3.63) is 22.7 Å². The molecule has 0 bridgehead atoms.